The molecule has 194 valence electrons. The van der Waals surface area contributed by atoms with E-state index in [1.807, 2.05) is 38.4 Å². The molecule has 10 nitrogen and oxygen atoms in total. The van der Waals surface area contributed by atoms with E-state index in [1.54, 1.807) is 4.90 Å². The number of nitrogens with zero attached hydrogens (tertiary/aromatic N) is 3. The molecule has 0 bridgehead atoms. The minimum Gasteiger partial charge on any atom is -0.492 e. The molecule has 10 heteroatoms. The zero-order chi connectivity index (χ0) is 26.4. The lowest BCUT2D eigenvalue weighted by molar-refractivity contribution is -0.146. The van der Waals surface area contributed by atoms with Gasteiger partial charge in [-0.3, -0.25) is 14.4 Å². The van der Waals surface area contributed by atoms with Gasteiger partial charge >= 0.3 is 11.8 Å². The van der Waals surface area contributed by atoms with Crippen LogP contribution in [-0.4, -0.2) is 72.9 Å². The van der Waals surface area contributed by atoms with Crippen LogP contribution in [-0.2, 0) is 9.59 Å². The molecule has 0 radical (unpaired) electrons. The molecular formula is C26H35N5O5. The molecule has 3 N–H and O–H groups in total. The number of aromatic nitrogens is 1. The molecule has 2 heterocycles. The Balaban J connectivity index is 1.78. The van der Waals surface area contributed by atoms with Crippen molar-refractivity contribution >= 4 is 23.4 Å². The highest BCUT2D eigenvalue weighted by Gasteiger charge is 2.34. The number of hydrogen-bond donors (Lipinski definition) is 2. The normalized spacial score (nSPS) is 18.4. The maximum Gasteiger partial charge on any atom is 0.313 e. The minimum atomic E-state index is -0.816. The van der Waals surface area contributed by atoms with Gasteiger partial charge in [-0.15, -0.1) is 0 Å². The number of carbonyl (C=O) groups is 3. The second-order valence-corrected chi connectivity index (χ2v) is 9.45. The summed E-state index contributed by atoms with van der Waals surface area (Å²) in [5.74, 6) is -1.21. The summed E-state index contributed by atoms with van der Waals surface area (Å²) in [7, 11) is 5.36. The van der Waals surface area contributed by atoms with Crippen LogP contribution in [0.1, 0.15) is 48.7 Å². The highest BCUT2D eigenvalue weighted by Crippen LogP contribution is 2.35. The Kier molecular flexibility index (Phi) is 8.87. The molecule has 0 saturated carbocycles. The van der Waals surface area contributed by atoms with E-state index in [9.17, 15) is 14.4 Å². The largest absolute Gasteiger partial charge is 0.492 e. The first kappa shape index (κ1) is 26.9. The Bertz CT molecular complexity index is 1110. The monoisotopic (exact) mass is 497 g/mol. The lowest BCUT2D eigenvalue weighted by Gasteiger charge is -2.38. The van der Waals surface area contributed by atoms with Gasteiger partial charge in [0.1, 0.15) is 17.9 Å². The molecule has 2 aromatic rings. The number of primary amides is 1. The van der Waals surface area contributed by atoms with Crippen molar-refractivity contribution in [1.82, 2.24) is 14.8 Å². The predicted octanol–water partition coefficient (Wildman–Crippen LogP) is 2.46. The number of likely N-dealkylation sites (tertiary alicyclic amines) is 1. The summed E-state index contributed by atoms with van der Waals surface area (Å²) in [6.45, 7) is 5.12. The summed E-state index contributed by atoms with van der Waals surface area (Å²) in [5, 5.41) is 2.54. The summed E-state index contributed by atoms with van der Waals surface area (Å²) in [4.78, 5) is 45.6. The number of likely N-dealkylation sites (N-methyl/N-ethyl adjacent to an activating group) is 1. The van der Waals surface area contributed by atoms with Gasteiger partial charge in [-0.25, -0.2) is 4.98 Å². The molecule has 1 saturated heterocycles. The van der Waals surface area contributed by atoms with Crippen LogP contribution in [0.2, 0.25) is 0 Å². The lowest BCUT2D eigenvalue weighted by atomic mass is 9.89. The molecule has 0 spiro atoms. The number of methoxy groups -OCH3 is 1. The van der Waals surface area contributed by atoms with Crippen LogP contribution in [0.15, 0.2) is 36.5 Å². The van der Waals surface area contributed by atoms with E-state index in [0.717, 1.165) is 24.2 Å². The van der Waals surface area contributed by atoms with Crippen molar-refractivity contribution in [3.05, 3.63) is 47.7 Å². The maximum atomic E-state index is 13.3. The number of hydrogen-bond acceptors (Lipinski definition) is 7. The van der Waals surface area contributed by atoms with Gasteiger partial charge in [-0.2, -0.15) is 0 Å². The Morgan fingerprint density at radius 2 is 2.00 bits per heavy atom. The number of nitrogens with two attached hydrogens (primary N) is 1. The van der Waals surface area contributed by atoms with Gasteiger partial charge in [0.05, 0.1) is 25.0 Å². The number of anilines is 1. The van der Waals surface area contributed by atoms with E-state index < -0.39 is 17.7 Å². The fourth-order valence-corrected chi connectivity index (χ4v) is 4.08. The van der Waals surface area contributed by atoms with E-state index in [-0.39, 0.29) is 35.1 Å². The summed E-state index contributed by atoms with van der Waals surface area (Å²) in [6, 6.07) is 9.01. The van der Waals surface area contributed by atoms with Gasteiger partial charge < -0.3 is 30.3 Å². The summed E-state index contributed by atoms with van der Waals surface area (Å²) in [6.07, 6.45) is 2.97. The van der Waals surface area contributed by atoms with E-state index >= 15 is 0 Å². The third-order valence-electron chi connectivity index (χ3n) is 6.46. The lowest BCUT2D eigenvalue weighted by Crippen LogP contribution is -2.46. The smallest absolute Gasteiger partial charge is 0.313 e. The Morgan fingerprint density at radius 1 is 1.25 bits per heavy atom. The number of carbonyl (C=O) groups excluding carboxylic acids is 3. The number of pyridine rings is 1. The zero-order valence-corrected chi connectivity index (χ0v) is 21.5. The molecule has 1 aliphatic heterocycles. The van der Waals surface area contributed by atoms with Gasteiger partial charge in [-0.1, -0.05) is 19.1 Å². The number of amides is 3. The van der Waals surface area contributed by atoms with Crippen molar-refractivity contribution in [2.45, 2.75) is 38.8 Å². The van der Waals surface area contributed by atoms with Crippen LogP contribution in [0.25, 0.3) is 0 Å². The van der Waals surface area contributed by atoms with E-state index in [4.69, 9.17) is 15.2 Å². The summed E-state index contributed by atoms with van der Waals surface area (Å²) < 4.78 is 11.0. The first-order valence-corrected chi connectivity index (χ1v) is 12.0. The molecule has 36 heavy (non-hydrogen) atoms. The van der Waals surface area contributed by atoms with Crippen LogP contribution >= 0.6 is 0 Å². The molecule has 0 aliphatic carbocycles. The van der Waals surface area contributed by atoms with Gasteiger partial charge in [-0.05, 0) is 63.5 Å². The zero-order valence-electron chi connectivity index (χ0n) is 21.5. The average Bonchev–Trinajstić information content (AvgIpc) is 2.86. The van der Waals surface area contributed by atoms with Crippen LogP contribution in [0.4, 0.5) is 5.69 Å². The first-order valence-electron chi connectivity index (χ1n) is 12.0. The number of benzene rings is 1. The average molecular weight is 498 g/mol. The minimum absolute atomic E-state index is 0.00706. The molecule has 3 rings (SSSR count). The Labute approximate surface area is 211 Å². The topological polar surface area (TPSA) is 127 Å². The van der Waals surface area contributed by atoms with E-state index in [2.05, 4.69) is 29.0 Å². The standard InChI is InChI=1S/C26H35N5O5/c1-16-9-10-22(18-7-6-8-20(11-18)36-15-17(2)30(3)4)31(14-16)26(34)24(33)29-19-12-21(23(27)32)25(35-5)28-13-19/h6-8,11-13,16-17,22H,9-10,14-15H2,1-5H3,(H2,27,32)(H,29,33)/t16-,17-,22+/m0/s1. The van der Waals surface area contributed by atoms with E-state index in [1.165, 1.54) is 19.4 Å². The highest BCUT2D eigenvalue weighted by molar-refractivity contribution is 6.39. The van der Waals surface area contributed by atoms with Crippen LogP contribution in [0.3, 0.4) is 0 Å². The van der Waals surface area contributed by atoms with Crippen molar-refractivity contribution in [2.75, 3.05) is 39.7 Å². The Hall–Kier alpha value is -3.66. The molecule has 1 aromatic heterocycles. The summed E-state index contributed by atoms with van der Waals surface area (Å²) in [5.41, 5.74) is 6.47. The molecular weight excluding hydrogens is 462 g/mol. The van der Waals surface area contributed by atoms with Crippen molar-refractivity contribution in [1.29, 1.82) is 0 Å². The van der Waals surface area contributed by atoms with E-state index in [0.29, 0.717) is 13.2 Å². The van der Waals surface area contributed by atoms with Gasteiger partial charge in [0.2, 0.25) is 5.88 Å². The third kappa shape index (κ3) is 6.51. The fraction of sp³-hybridized carbons (Fsp3) is 0.462. The quantitative estimate of drug-likeness (QED) is 0.536. The predicted molar refractivity (Wildman–Crippen MR) is 136 cm³/mol. The second kappa shape index (κ2) is 11.9. The van der Waals surface area contributed by atoms with Gasteiger partial charge in [0.25, 0.3) is 5.91 Å². The second-order valence-electron chi connectivity index (χ2n) is 9.45. The SMILES string of the molecule is COc1ncc(NC(=O)C(=O)N2C[C@@H](C)CC[C@@H]2c2cccc(OC[C@H](C)N(C)C)c2)cc1C(N)=O. The van der Waals surface area contributed by atoms with Crippen LogP contribution < -0.4 is 20.5 Å². The highest BCUT2D eigenvalue weighted by atomic mass is 16.5. The number of ether oxygens (including phenoxy) is 2. The van der Waals surface area contributed by atoms with Crippen molar-refractivity contribution in [2.24, 2.45) is 11.7 Å². The maximum absolute atomic E-state index is 13.3. The molecule has 1 aromatic carbocycles. The van der Waals surface area contributed by atoms with Crippen molar-refractivity contribution < 1.29 is 23.9 Å². The van der Waals surface area contributed by atoms with Crippen molar-refractivity contribution in [3.63, 3.8) is 0 Å². The number of nitrogens with one attached hydrogen (secondary N) is 1. The molecule has 0 unspecified atom stereocenters. The molecule has 1 fully saturated rings. The number of rotatable bonds is 8. The van der Waals surface area contributed by atoms with Crippen LogP contribution in [0.5, 0.6) is 11.6 Å². The molecule has 3 amide bonds. The number of piperidine rings is 1. The molecule has 3 atom stereocenters. The van der Waals surface area contributed by atoms with Gasteiger partial charge in [0.15, 0.2) is 0 Å². The fourth-order valence-electron chi connectivity index (χ4n) is 4.08. The van der Waals surface area contributed by atoms with Gasteiger partial charge in [0, 0.05) is 12.6 Å². The molecule has 1 aliphatic rings. The Morgan fingerprint density at radius 3 is 2.67 bits per heavy atom. The third-order valence-corrected chi connectivity index (χ3v) is 6.46. The van der Waals surface area contributed by atoms with Crippen molar-refractivity contribution in [3.8, 4) is 11.6 Å². The first-order chi connectivity index (χ1) is 17.1. The van der Waals surface area contributed by atoms with Crippen LogP contribution in [0, 0.1) is 5.92 Å². The summed E-state index contributed by atoms with van der Waals surface area (Å²) >= 11 is 0.